The van der Waals surface area contributed by atoms with Crippen LogP contribution in [0, 0.1) is 0 Å². The molecule has 0 radical (unpaired) electrons. The van der Waals surface area contributed by atoms with Crippen molar-refractivity contribution in [1.29, 1.82) is 0 Å². The van der Waals surface area contributed by atoms with E-state index in [4.69, 9.17) is 14.0 Å². The van der Waals surface area contributed by atoms with Crippen molar-refractivity contribution >= 4 is 18.5 Å². The van der Waals surface area contributed by atoms with Crippen molar-refractivity contribution in [2.45, 2.75) is 84.0 Å². The lowest BCUT2D eigenvalue weighted by atomic mass is 9.81. The van der Waals surface area contributed by atoms with Gasteiger partial charge in [0.1, 0.15) is 11.9 Å². The van der Waals surface area contributed by atoms with E-state index in [2.05, 4.69) is 80.7 Å². The Morgan fingerprint density at radius 2 is 1.66 bits per heavy atom. The van der Waals surface area contributed by atoms with Gasteiger partial charge in [0.2, 0.25) is 5.95 Å². The maximum Gasteiger partial charge on any atom is 0.498 e. The number of benzene rings is 1. The largest absolute Gasteiger partial charge is 0.498 e. The molecular formula is C25H36BN3O3. The number of piperidine rings is 1. The van der Waals surface area contributed by atoms with E-state index < -0.39 is 7.12 Å². The molecule has 4 rings (SSSR count). The number of para-hydroxylation sites is 1. The summed E-state index contributed by atoms with van der Waals surface area (Å²) in [5.41, 5.74) is 1.42. The molecule has 0 unspecified atom stereocenters. The Morgan fingerprint density at radius 3 is 2.25 bits per heavy atom. The van der Waals surface area contributed by atoms with Crippen molar-refractivity contribution in [3.63, 3.8) is 0 Å². The summed E-state index contributed by atoms with van der Waals surface area (Å²) in [7, 11) is -0.432. The Hall–Kier alpha value is -2.12. The minimum absolute atomic E-state index is 0.223. The van der Waals surface area contributed by atoms with E-state index in [0.29, 0.717) is 5.92 Å². The Morgan fingerprint density at radius 1 is 1.06 bits per heavy atom. The summed E-state index contributed by atoms with van der Waals surface area (Å²) in [6.45, 7) is 14.4. The fraction of sp³-hybridized carbons (Fsp3) is 0.600. The van der Waals surface area contributed by atoms with Crippen molar-refractivity contribution < 1.29 is 14.0 Å². The van der Waals surface area contributed by atoms with Gasteiger partial charge in [0, 0.05) is 43.8 Å². The highest BCUT2D eigenvalue weighted by molar-refractivity contribution is 6.61. The number of nitrogens with zero attached hydrogens (tertiary/aromatic N) is 3. The van der Waals surface area contributed by atoms with Crippen molar-refractivity contribution in [3.8, 4) is 5.75 Å². The highest BCUT2D eigenvalue weighted by Crippen LogP contribution is 2.36. The molecular weight excluding hydrogens is 401 g/mol. The number of anilines is 1. The third kappa shape index (κ3) is 4.64. The Balaban J connectivity index is 1.34. The van der Waals surface area contributed by atoms with Gasteiger partial charge in [0.05, 0.1) is 11.2 Å². The molecule has 2 aliphatic rings. The first-order chi connectivity index (χ1) is 15.2. The van der Waals surface area contributed by atoms with Crippen molar-refractivity contribution in [2.24, 2.45) is 0 Å². The van der Waals surface area contributed by atoms with Gasteiger partial charge < -0.3 is 18.9 Å². The Bertz CT molecular complexity index is 895. The van der Waals surface area contributed by atoms with Crippen LogP contribution in [0.1, 0.15) is 72.3 Å². The number of rotatable bonds is 6. The summed E-state index contributed by atoms with van der Waals surface area (Å²) < 4.78 is 18.6. The fourth-order valence-electron chi connectivity index (χ4n) is 4.16. The van der Waals surface area contributed by atoms with Crippen LogP contribution < -0.4 is 15.1 Å². The summed E-state index contributed by atoms with van der Waals surface area (Å²) in [5, 5.41) is 0. The average Bonchev–Trinajstić information content (AvgIpc) is 3.01. The topological polar surface area (TPSA) is 56.7 Å². The monoisotopic (exact) mass is 437 g/mol. The summed E-state index contributed by atoms with van der Waals surface area (Å²) in [6.07, 6.45) is 6.90. The van der Waals surface area contributed by atoms with E-state index in [-0.39, 0.29) is 17.3 Å². The number of hydrogen-bond acceptors (Lipinski definition) is 6. The van der Waals surface area contributed by atoms with E-state index in [9.17, 15) is 0 Å². The van der Waals surface area contributed by atoms with Gasteiger partial charge in [-0.05, 0) is 51.7 Å². The number of aromatic nitrogens is 2. The standard InChI is InChI=1S/C25H36BN3O3/c1-7-18(2)21-10-8-9-11-22(21)30-20-12-14-29(15-13-20)23-27-16-19(17-28-23)26-31-24(3,4)25(5,6)32-26/h8-11,16-18,20H,7,12-15H2,1-6H3/t18-/m1/s1. The molecule has 172 valence electrons. The molecule has 0 saturated carbocycles. The smallest absolute Gasteiger partial charge is 0.490 e. The Labute approximate surface area is 192 Å². The molecule has 3 heterocycles. The molecule has 0 bridgehead atoms. The van der Waals surface area contributed by atoms with Crippen LogP contribution in [0.25, 0.3) is 0 Å². The van der Waals surface area contributed by atoms with Crippen LogP contribution in [0.3, 0.4) is 0 Å². The third-order valence-corrected chi connectivity index (χ3v) is 7.26. The van der Waals surface area contributed by atoms with Gasteiger partial charge in [-0.3, -0.25) is 0 Å². The normalized spacial score (nSPS) is 21.6. The zero-order chi connectivity index (χ0) is 22.9. The quantitative estimate of drug-likeness (QED) is 0.627. The molecule has 2 aliphatic heterocycles. The van der Waals surface area contributed by atoms with E-state index in [1.807, 2.05) is 12.4 Å². The summed E-state index contributed by atoms with van der Waals surface area (Å²) in [6, 6.07) is 8.45. The van der Waals surface area contributed by atoms with Crippen molar-refractivity contribution in [2.75, 3.05) is 18.0 Å². The average molecular weight is 437 g/mol. The van der Waals surface area contributed by atoms with Gasteiger partial charge in [0.25, 0.3) is 0 Å². The maximum absolute atomic E-state index is 6.42. The van der Waals surface area contributed by atoms with Crippen LogP contribution in [0.4, 0.5) is 5.95 Å². The van der Waals surface area contributed by atoms with Crippen molar-refractivity contribution in [1.82, 2.24) is 9.97 Å². The van der Waals surface area contributed by atoms with Crippen LogP contribution in [0.5, 0.6) is 5.75 Å². The maximum atomic E-state index is 6.42. The first kappa shape index (κ1) is 23.1. The fourth-order valence-corrected chi connectivity index (χ4v) is 4.16. The first-order valence-corrected chi connectivity index (χ1v) is 11.9. The molecule has 2 fully saturated rings. The van der Waals surface area contributed by atoms with Crippen LogP contribution >= 0.6 is 0 Å². The van der Waals surface area contributed by atoms with E-state index in [0.717, 1.165) is 49.5 Å². The zero-order valence-electron chi connectivity index (χ0n) is 20.3. The molecule has 0 amide bonds. The van der Waals surface area contributed by atoms with E-state index >= 15 is 0 Å². The van der Waals surface area contributed by atoms with Crippen LogP contribution in [0.2, 0.25) is 0 Å². The lowest BCUT2D eigenvalue weighted by Gasteiger charge is -2.32. The number of ether oxygens (including phenoxy) is 1. The molecule has 0 aliphatic carbocycles. The summed E-state index contributed by atoms with van der Waals surface area (Å²) in [4.78, 5) is 11.5. The second-order valence-corrected chi connectivity index (χ2v) is 10.1. The van der Waals surface area contributed by atoms with Gasteiger partial charge in [-0.2, -0.15) is 0 Å². The predicted octanol–water partition coefficient (Wildman–Crippen LogP) is 4.34. The molecule has 2 aromatic rings. The molecule has 1 aromatic carbocycles. The molecule has 32 heavy (non-hydrogen) atoms. The third-order valence-electron chi connectivity index (χ3n) is 7.26. The highest BCUT2D eigenvalue weighted by atomic mass is 16.7. The molecule has 0 spiro atoms. The van der Waals surface area contributed by atoms with Crippen molar-refractivity contribution in [3.05, 3.63) is 42.2 Å². The number of hydrogen-bond donors (Lipinski definition) is 0. The molecule has 7 heteroatoms. The SMILES string of the molecule is CC[C@@H](C)c1ccccc1OC1CCN(c2ncc(B3OC(C)(C)C(C)(C)O3)cn2)CC1. The second-order valence-electron chi connectivity index (χ2n) is 10.1. The zero-order valence-corrected chi connectivity index (χ0v) is 20.3. The van der Waals surface area contributed by atoms with E-state index in [1.165, 1.54) is 5.56 Å². The van der Waals surface area contributed by atoms with Gasteiger partial charge in [-0.25, -0.2) is 9.97 Å². The summed E-state index contributed by atoms with van der Waals surface area (Å²) in [5.74, 6) is 2.29. The highest BCUT2D eigenvalue weighted by Gasteiger charge is 2.52. The minimum Gasteiger partial charge on any atom is -0.490 e. The van der Waals surface area contributed by atoms with Crippen LogP contribution in [0.15, 0.2) is 36.7 Å². The molecule has 1 atom stereocenters. The van der Waals surface area contributed by atoms with Crippen LogP contribution in [-0.2, 0) is 9.31 Å². The Kier molecular flexibility index (Phi) is 6.50. The molecule has 0 N–H and O–H groups in total. The lowest BCUT2D eigenvalue weighted by Crippen LogP contribution is -2.41. The van der Waals surface area contributed by atoms with Crippen LogP contribution in [-0.4, -0.2) is 47.5 Å². The minimum atomic E-state index is -0.432. The van der Waals surface area contributed by atoms with E-state index in [1.54, 1.807) is 0 Å². The lowest BCUT2D eigenvalue weighted by molar-refractivity contribution is 0.00578. The van der Waals surface area contributed by atoms with Gasteiger partial charge in [-0.15, -0.1) is 0 Å². The van der Waals surface area contributed by atoms with Gasteiger partial charge in [-0.1, -0.05) is 32.0 Å². The molecule has 1 aromatic heterocycles. The second kappa shape index (κ2) is 9.03. The van der Waals surface area contributed by atoms with Gasteiger partial charge in [0.15, 0.2) is 0 Å². The first-order valence-electron chi connectivity index (χ1n) is 11.9. The molecule has 2 saturated heterocycles. The summed E-state index contributed by atoms with van der Waals surface area (Å²) >= 11 is 0. The molecule has 6 nitrogen and oxygen atoms in total. The predicted molar refractivity (Wildman–Crippen MR) is 129 cm³/mol. The van der Waals surface area contributed by atoms with Gasteiger partial charge >= 0.3 is 7.12 Å².